The van der Waals surface area contributed by atoms with E-state index in [0.717, 1.165) is 12.1 Å². The van der Waals surface area contributed by atoms with Crippen molar-refractivity contribution in [3.05, 3.63) is 59.7 Å². The van der Waals surface area contributed by atoms with Crippen molar-refractivity contribution >= 4 is 17.5 Å². The van der Waals surface area contributed by atoms with E-state index in [1.807, 2.05) is 0 Å². The highest BCUT2D eigenvalue weighted by Gasteiger charge is 2.13. The van der Waals surface area contributed by atoms with E-state index in [2.05, 4.69) is 15.4 Å². The van der Waals surface area contributed by atoms with Gasteiger partial charge in [-0.1, -0.05) is 12.1 Å². The zero-order valence-electron chi connectivity index (χ0n) is 14.0. The van der Waals surface area contributed by atoms with Crippen molar-refractivity contribution in [2.75, 3.05) is 11.9 Å². The molecule has 5 nitrogen and oxygen atoms in total. The topological polar surface area (TPSA) is 67.4 Å². The van der Waals surface area contributed by atoms with Gasteiger partial charge < -0.3 is 15.4 Å². The lowest BCUT2D eigenvalue weighted by atomic mass is 10.2. The number of nitrogens with one attached hydrogen (secondary N) is 2. The van der Waals surface area contributed by atoms with Crippen LogP contribution in [-0.2, 0) is 4.79 Å². The number of carbonyl (C=O) groups excluding carboxylic acids is 2. The largest absolute Gasteiger partial charge is 0.433 e. The van der Waals surface area contributed by atoms with Gasteiger partial charge in [-0.05, 0) is 30.7 Å². The highest BCUT2D eigenvalue weighted by atomic mass is 19.3. The maximum absolute atomic E-state index is 13.5. The lowest BCUT2D eigenvalue weighted by Gasteiger charge is -2.11. The molecule has 0 radical (unpaired) electrons. The summed E-state index contributed by atoms with van der Waals surface area (Å²) in [5.41, 5.74) is -0.209. The maximum atomic E-state index is 13.5. The number of rotatable bonds is 8. The fourth-order valence-corrected chi connectivity index (χ4v) is 2.20. The van der Waals surface area contributed by atoms with Gasteiger partial charge in [0.1, 0.15) is 17.4 Å². The van der Waals surface area contributed by atoms with Crippen LogP contribution in [0, 0.1) is 11.6 Å². The van der Waals surface area contributed by atoms with Gasteiger partial charge >= 0.3 is 6.61 Å². The van der Waals surface area contributed by atoms with Gasteiger partial charge in [0.2, 0.25) is 5.91 Å². The molecule has 0 heterocycles. The van der Waals surface area contributed by atoms with Crippen LogP contribution in [0.15, 0.2) is 42.5 Å². The second-order valence-corrected chi connectivity index (χ2v) is 5.41. The minimum absolute atomic E-state index is 0.0187. The third-order valence-corrected chi connectivity index (χ3v) is 3.42. The van der Waals surface area contributed by atoms with Crippen LogP contribution >= 0.6 is 0 Å². The first-order valence-corrected chi connectivity index (χ1v) is 7.93. The Balaban J connectivity index is 1.79. The van der Waals surface area contributed by atoms with Gasteiger partial charge in [-0.3, -0.25) is 9.59 Å². The van der Waals surface area contributed by atoms with Crippen LogP contribution in [0.4, 0.5) is 23.2 Å². The number of anilines is 1. The molecule has 2 N–H and O–H groups in total. The van der Waals surface area contributed by atoms with Crippen molar-refractivity contribution in [1.29, 1.82) is 0 Å². The van der Waals surface area contributed by atoms with Crippen molar-refractivity contribution in [2.45, 2.75) is 19.5 Å². The summed E-state index contributed by atoms with van der Waals surface area (Å²) < 4.78 is 55.3. The number of halogens is 4. The number of para-hydroxylation sites is 2. The third-order valence-electron chi connectivity index (χ3n) is 3.42. The molecule has 27 heavy (non-hydrogen) atoms. The van der Waals surface area contributed by atoms with Crippen LogP contribution in [0.5, 0.6) is 5.75 Å². The summed E-state index contributed by atoms with van der Waals surface area (Å²) >= 11 is 0. The Kier molecular flexibility index (Phi) is 7.16. The van der Waals surface area contributed by atoms with Gasteiger partial charge in [-0.15, -0.1) is 0 Å². The summed E-state index contributed by atoms with van der Waals surface area (Å²) in [7, 11) is 0. The smallest absolute Gasteiger partial charge is 0.387 e. The lowest BCUT2D eigenvalue weighted by Crippen LogP contribution is -2.26. The molecular formula is C18H16F4N2O3. The molecule has 0 bridgehead atoms. The zero-order chi connectivity index (χ0) is 19.8. The van der Waals surface area contributed by atoms with Gasteiger partial charge in [-0.2, -0.15) is 8.78 Å². The van der Waals surface area contributed by atoms with Crippen LogP contribution < -0.4 is 15.4 Å². The van der Waals surface area contributed by atoms with Crippen LogP contribution in [0.3, 0.4) is 0 Å². The summed E-state index contributed by atoms with van der Waals surface area (Å²) in [6.45, 7) is -2.96. The standard InChI is InChI=1S/C18H16F4N2O3/c19-11-7-8-12(13(20)10-11)17(26)23-9-3-6-16(25)24-14-4-1-2-5-15(14)27-18(21)22/h1-2,4-5,7-8,10,18H,3,6,9H2,(H,23,26)(H,24,25). The van der Waals surface area contributed by atoms with Crippen molar-refractivity contribution < 1.29 is 31.9 Å². The average molecular weight is 384 g/mol. The predicted octanol–water partition coefficient (Wildman–Crippen LogP) is 3.71. The van der Waals surface area contributed by atoms with E-state index in [0.29, 0.717) is 6.07 Å². The first-order valence-electron chi connectivity index (χ1n) is 7.93. The molecule has 0 saturated heterocycles. The monoisotopic (exact) mass is 384 g/mol. The molecule has 144 valence electrons. The van der Waals surface area contributed by atoms with E-state index in [1.54, 1.807) is 6.07 Å². The quantitative estimate of drug-likeness (QED) is 0.539. The van der Waals surface area contributed by atoms with Crippen molar-refractivity contribution in [2.24, 2.45) is 0 Å². The molecule has 2 aromatic carbocycles. The summed E-state index contributed by atoms with van der Waals surface area (Å²) in [5.74, 6) is -3.15. The highest BCUT2D eigenvalue weighted by Crippen LogP contribution is 2.25. The first-order chi connectivity index (χ1) is 12.9. The summed E-state index contributed by atoms with van der Waals surface area (Å²) in [5, 5.41) is 4.85. The molecule has 0 aliphatic carbocycles. The number of carbonyl (C=O) groups is 2. The molecule has 0 saturated carbocycles. The normalized spacial score (nSPS) is 10.6. The first kappa shape index (κ1) is 20.2. The summed E-state index contributed by atoms with van der Waals surface area (Å²) in [6, 6.07) is 8.31. The Hall–Kier alpha value is -3.10. The fourth-order valence-electron chi connectivity index (χ4n) is 2.20. The van der Waals surface area contributed by atoms with Gasteiger partial charge in [0, 0.05) is 19.0 Å². The number of alkyl halides is 2. The van der Waals surface area contributed by atoms with Crippen LogP contribution in [0.1, 0.15) is 23.2 Å². The van der Waals surface area contributed by atoms with Crippen LogP contribution in [-0.4, -0.2) is 25.0 Å². The lowest BCUT2D eigenvalue weighted by molar-refractivity contribution is -0.116. The van der Waals surface area contributed by atoms with Crippen molar-refractivity contribution in [1.82, 2.24) is 5.32 Å². The van der Waals surface area contributed by atoms with E-state index in [-0.39, 0.29) is 36.4 Å². The molecule has 0 aromatic heterocycles. The Bertz CT molecular complexity index is 815. The molecular weight excluding hydrogens is 368 g/mol. The number of amides is 2. The zero-order valence-corrected chi connectivity index (χ0v) is 14.0. The van der Waals surface area contributed by atoms with E-state index < -0.39 is 30.1 Å². The minimum atomic E-state index is -3.02. The molecule has 2 aromatic rings. The number of benzene rings is 2. The Morgan fingerprint density at radius 1 is 1.07 bits per heavy atom. The number of ether oxygens (including phenoxy) is 1. The average Bonchev–Trinajstić information content (AvgIpc) is 2.60. The number of hydrogen-bond donors (Lipinski definition) is 2. The maximum Gasteiger partial charge on any atom is 0.387 e. The molecule has 2 amide bonds. The van der Waals surface area contributed by atoms with Gasteiger partial charge in [0.25, 0.3) is 5.91 Å². The van der Waals surface area contributed by atoms with Gasteiger partial charge in [0.15, 0.2) is 0 Å². The third kappa shape index (κ3) is 6.28. The van der Waals surface area contributed by atoms with Crippen molar-refractivity contribution in [3.63, 3.8) is 0 Å². The SMILES string of the molecule is O=C(CCCNC(=O)c1ccc(F)cc1F)Nc1ccccc1OC(F)F. The van der Waals surface area contributed by atoms with Crippen LogP contribution in [0.25, 0.3) is 0 Å². The van der Waals surface area contributed by atoms with Crippen molar-refractivity contribution in [3.8, 4) is 5.75 Å². The Morgan fingerprint density at radius 3 is 2.52 bits per heavy atom. The molecule has 0 spiro atoms. The molecule has 2 rings (SSSR count). The predicted molar refractivity (Wildman–Crippen MR) is 89.6 cm³/mol. The highest BCUT2D eigenvalue weighted by molar-refractivity contribution is 5.94. The molecule has 0 unspecified atom stereocenters. The number of hydrogen-bond acceptors (Lipinski definition) is 3. The summed E-state index contributed by atoms with van der Waals surface area (Å²) in [6.07, 6.45) is 0.202. The molecule has 9 heteroatoms. The second kappa shape index (κ2) is 9.56. The second-order valence-electron chi connectivity index (χ2n) is 5.41. The van der Waals surface area contributed by atoms with E-state index in [4.69, 9.17) is 0 Å². The molecule has 0 aliphatic heterocycles. The molecule has 0 aliphatic rings. The van der Waals surface area contributed by atoms with Crippen LogP contribution in [0.2, 0.25) is 0 Å². The van der Waals surface area contributed by atoms with E-state index >= 15 is 0 Å². The molecule has 0 atom stereocenters. The summed E-state index contributed by atoms with van der Waals surface area (Å²) in [4.78, 5) is 23.7. The van der Waals surface area contributed by atoms with Gasteiger partial charge in [0.05, 0.1) is 11.3 Å². The fraction of sp³-hybridized carbons (Fsp3) is 0.222. The van der Waals surface area contributed by atoms with Gasteiger partial charge in [-0.25, -0.2) is 8.78 Å². The Morgan fingerprint density at radius 2 is 1.81 bits per heavy atom. The van der Waals surface area contributed by atoms with E-state index in [9.17, 15) is 27.2 Å². The minimum Gasteiger partial charge on any atom is -0.433 e. The Labute approximate surface area is 152 Å². The molecule has 0 fully saturated rings. The van der Waals surface area contributed by atoms with E-state index in [1.165, 1.54) is 18.2 Å².